The van der Waals surface area contributed by atoms with Crippen LogP contribution in [0.5, 0.6) is 0 Å². The molecule has 0 amide bonds. The normalized spacial score (nSPS) is 13.1. The van der Waals surface area contributed by atoms with E-state index in [2.05, 4.69) is 11.4 Å². The molecule has 1 N–H and O–H groups in total. The Kier molecular flexibility index (Phi) is 5.30. The number of benzene rings is 1. The van der Waals surface area contributed by atoms with Gasteiger partial charge in [-0.3, -0.25) is 0 Å². The van der Waals surface area contributed by atoms with Gasteiger partial charge >= 0.3 is 0 Å². The van der Waals surface area contributed by atoms with Crippen molar-refractivity contribution in [3.63, 3.8) is 0 Å². The molecule has 0 fully saturated rings. The van der Waals surface area contributed by atoms with E-state index in [1.165, 1.54) is 6.07 Å². The first kappa shape index (κ1) is 14.7. The van der Waals surface area contributed by atoms with Gasteiger partial charge in [-0.15, -0.1) is 0 Å². The number of nitriles is 1. The third kappa shape index (κ3) is 4.85. The van der Waals surface area contributed by atoms with E-state index in [4.69, 9.17) is 5.26 Å². The lowest BCUT2D eigenvalue weighted by Crippen LogP contribution is -2.21. The molecule has 0 aliphatic carbocycles. The molecule has 98 valence electrons. The Hall–Kier alpha value is -1.40. The van der Waals surface area contributed by atoms with Crippen molar-refractivity contribution in [2.24, 2.45) is 5.41 Å². The van der Waals surface area contributed by atoms with Gasteiger partial charge in [0.25, 0.3) is 0 Å². The van der Waals surface area contributed by atoms with E-state index >= 15 is 0 Å². The van der Waals surface area contributed by atoms with E-state index in [0.717, 1.165) is 24.9 Å². The Bertz CT molecular complexity index is 421. The summed E-state index contributed by atoms with van der Waals surface area (Å²) in [5.41, 5.74) is 0.693. The summed E-state index contributed by atoms with van der Waals surface area (Å²) in [4.78, 5) is 0. The zero-order valence-corrected chi connectivity index (χ0v) is 11.3. The minimum Gasteiger partial charge on any atom is -0.310 e. The molecular weight excluding hydrogens is 227 g/mol. The molecule has 0 radical (unpaired) electrons. The molecule has 0 saturated carbocycles. The summed E-state index contributed by atoms with van der Waals surface area (Å²) in [6, 6.07) is 9.06. The molecule has 1 rings (SSSR count). The van der Waals surface area contributed by atoms with Crippen molar-refractivity contribution >= 4 is 0 Å². The second-order valence-electron chi connectivity index (χ2n) is 5.33. The lowest BCUT2D eigenvalue weighted by atomic mass is 9.90. The zero-order valence-electron chi connectivity index (χ0n) is 11.3. The average Bonchev–Trinajstić information content (AvgIpc) is 2.34. The van der Waals surface area contributed by atoms with Crippen LogP contribution < -0.4 is 5.32 Å². The fourth-order valence-corrected chi connectivity index (χ4v) is 1.80. The first-order chi connectivity index (χ1) is 8.44. The van der Waals surface area contributed by atoms with Crippen LogP contribution in [0, 0.1) is 22.6 Å². The van der Waals surface area contributed by atoms with Crippen LogP contribution in [0.25, 0.3) is 0 Å². The van der Waals surface area contributed by atoms with Crippen LogP contribution in [0.4, 0.5) is 4.39 Å². The lowest BCUT2D eigenvalue weighted by Gasteiger charge is -2.17. The van der Waals surface area contributed by atoms with Crippen molar-refractivity contribution in [3.8, 4) is 6.07 Å². The molecule has 0 aromatic heterocycles. The van der Waals surface area contributed by atoms with E-state index in [9.17, 15) is 4.39 Å². The highest BCUT2D eigenvalue weighted by Crippen LogP contribution is 2.20. The smallest absolute Gasteiger partial charge is 0.123 e. The Labute approximate surface area is 109 Å². The third-order valence-electron chi connectivity index (χ3n) is 3.08. The van der Waals surface area contributed by atoms with Crippen molar-refractivity contribution in [3.05, 3.63) is 35.6 Å². The maximum atomic E-state index is 13.1. The Morgan fingerprint density at radius 1 is 1.44 bits per heavy atom. The van der Waals surface area contributed by atoms with Crippen molar-refractivity contribution in [1.82, 2.24) is 5.32 Å². The van der Waals surface area contributed by atoms with Crippen molar-refractivity contribution in [2.75, 3.05) is 6.54 Å². The summed E-state index contributed by atoms with van der Waals surface area (Å²) in [5, 5.41) is 12.2. The number of nitrogens with one attached hydrogen (secondary N) is 1. The summed E-state index contributed by atoms with van der Waals surface area (Å²) < 4.78 is 13.1. The highest BCUT2D eigenvalue weighted by atomic mass is 19.1. The Morgan fingerprint density at radius 2 is 2.17 bits per heavy atom. The van der Waals surface area contributed by atoms with Crippen LogP contribution in [0.3, 0.4) is 0 Å². The monoisotopic (exact) mass is 248 g/mol. The predicted molar refractivity (Wildman–Crippen MR) is 71.4 cm³/mol. The van der Waals surface area contributed by atoms with Gasteiger partial charge in [0.05, 0.1) is 11.5 Å². The molecule has 0 aliphatic rings. The zero-order chi connectivity index (χ0) is 13.6. The van der Waals surface area contributed by atoms with Gasteiger partial charge in [0.2, 0.25) is 0 Å². The van der Waals surface area contributed by atoms with Crippen LogP contribution in [-0.2, 0) is 0 Å². The second kappa shape index (κ2) is 6.51. The summed E-state index contributed by atoms with van der Waals surface area (Å²) >= 11 is 0. The lowest BCUT2D eigenvalue weighted by molar-refractivity contribution is 0.417. The fourth-order valence-electron chi connectivity index (χ4n) is 1.80. The number of rotatable bonds is 6. The minimum atomic E-state index is -0.260. The molecule has 0 saturated heterocycles. The molecule has 1 unspecified atom stereocenters. The molecule has 18 heavy (non-hydrogen) atoms. The first-order valence-corrected chi connectivity index (χ1v) is 6.35. The first-order valence-electron chi connectivity index (χ1n) is 6.35. The van der Waals surface area contributed by atoms with E-state index in [1.54, 1.807) is 12.1 Å². The summed E-state index contributed by atoms with van der Waals surface area (Å²) in [6.45, 7) is 6.75. The van der Waals surface area contributed by atoms with Crippen LogP contribution in [0.2, 0.25) is 0 Å². The second-order valence-corrected chi connectivity index (χ2v) is 5.33. The molecule has 0 spiro atoms. The molecule has 1 aromatic rings. The molecule has 0 aliphatic heterocycles. The summed E-state index contributed by atoms with van der Waals surface area (Å²) in [6.07, 6.45) is 1.81. The number of hydrogen-bond donors (Lipinski definition) is 1. The maximum Gasteiger partial charge on any atom is 0.123 e. The molecule has 1 aromatic carbocycles. The van der Waals surface area contributed by atoms with Gasteiger partial charge in [0.1, 0.15) is 5.82 Å². The molecule has 0 bridgehead atoms. The Balaban J connectivity index is 2.34. The van der Waals surface area contributed by atoms with Crippen molar-refractivity contribution in [1.29, 1.82) is 5.26 Å². The Morgan fingerprint density at radius 3 is 2.78 bits per heavy atom. The predicted octanol–water partition coefficient (Wildman–Crippen LogP) is 3.81. The number of nitrogens with zero attached hydrogens (tertiary/aromatic N) is 1. The van der Waals surface area contributed by atoms with Gasteiger partial charge in [-0.1, -0.05) is 12.1 Å². The van der Waals surface area contributed by atoms with Gasteiger partial charge in [-0.2, -0.15) is 5.26 Å². The van der Waals surface area contributed by atoms with Gasteiger partial charge in [0.15, 0.2) is 0 Å². The largest absolute Gasteiger partial charge is 0.310 e. The number of halogens is 1. The van der Waals surface area contributed by atoms with Gasteiger partial charge in [-0.05, 0) is 57.9 Å². The topological polar surface area (TPSA) is 35.8 Å². The quantitative estimate of drug-likeness (QED) is 0.777. The highest BCUT2D eigenvalue weighted by Gasteiger charge is 2.15. The van der Waals surface area contributed by atoms with Gasteiger partial charge < -0.3 is 5.32 Å². The third-order valence-corrected chi connectivity index (χ3v) is 3.08. The standard InChI is InChI=1S/C15H21FN2/c1-12(13-6-4-7-14(16)10-13)18-9-5-8-15(2,3)11-17/h4,6-7,10,12,18H,5,8-9H2,1-3H3. The summed E-state index contributed by atoms with van der Waals surface area (Å²) in [5.74, 6) is -0.202. The maximum absolute atomic E-state index is 13.1. The van der Waals surface area contributed by atoms with Crippen molar-refractivity contribution in [2.45, 2.75) is 39.7 Å². The molecule has 1 atom stereocenters. The minimum absolute atomic E-state index is 0.130. The fraction of sp³-hybridized carbons (Fsp3) is 0.533. The average molecular weight is 248 g/mol. The summed E-state index contributed by atoms with van der Waals surface area (Å²) in [7, 11) is 0. The highest BCUT2D eigenvalue weighted by molar-refractivity contribution is 5.19. The molecule has 2 nitrogen and oxygen atoms in total. The van der Waals surface area contributed by atoms with E-state index < -0.39 is 0 Å². The van der Waals surface area contributed by atoms with Crippen LogP contribution in [-0.4, -0.2) is 6.54 Å². The van der Waals surface area contributed by atoms with Crippen LogP contribution in [0.1, 0.15) is 45.2 Å². The van der Waals surface area contributed by atoms with Crippen LogP contribution >= 0.6 is 0 Å². The van der Waals surface area contributed by atoms with E-state index in [-0.39, 0.29) is 17.3 Å². The van der Waals surface area contributed by atoms with Gasteiger partial charge in [0, 0.05) is 6.04 Å². The van der Waals surface area contributed by atoms with E-state index in [0.29, 0.717) is 0 Å². The molecule has 3 heteroatoms. The number of hydrogen-bond acceptors (Lipinski definition) is 2. The molecular formula is C15H21FN2. The van der Waals surface area contributed by atoms with Crippen molar-refractivity contribution < 1.29 is 4.39 Å². The van der Waals surface area contributed by atoms with Crippen LogP contribution in [0.15, 0.2) is 24.3 Å². The SMILES string of the molecule is CC(NCCCC(C)(C)C#N)c1cccc(F)c1. The van der Waals surface area contributed by atoms with Gasteiger partial charge in [-0.25, -0.2) is 4.39 Å². The molecule has 0 heterocycles. The van der Waals surface area contributed by atoms with E-state index in [1.807, 2.05) is 26.8 Å².